The van der Waals surface area contributed by atoms with Crippen LogP contribution in [0.4, 0.5) is 0 Å². The molecule has 3 rings (SSSR count). The lowest BCUT2D eigenvalue weighted by atomic mass is 10.1. The summed E-state index contributed by atoms with van der Waals surface area (Å²) in [4.78, 5) is 26.5. The Morgan fingerprint density at radius 1 is 1.05 bits per heavy atom. The highest BCUT2D eigenvalue weighted by molar-refractivity contribution is 6.06. The fraction of sp³-hybridized carbons (Fsp3) is 0. The van der Waals surface area contributed by atoms with E-state index in [2.05, 4.69) is 15.5 Å². The van der Waals surface area contributed by atoms with Crippen LogP contribution in [-0.2, 0) is 0 Å². The van der Waals surface area contributed by atoms with Crippen molar-refractivity contribution < 1.29 is 4.79 Å². The average Bonchev–Trinajstić information content (AvgIpc) is 2.55. The van der Waals surface area contributed by atoms with E-state index in [1.807, 2.05) is 36.4 Å². The number of benzene rings is 2. The number of fused-ring (bicyclic) bond motifs is 1. The van der Waals surface area contributed by atoms with Crippen molar-refractivity contribution in [2.75, 3.05) is 0 Å². The van der Waals surface area contributed by atoms with Crippen LogP contribution in [0.3, 0.4) is 0 Å². The van der Waals surface area contributed by atoms with Crippen molar-refractivity contribution in [3.05, 3.63) is 82.1 Å². The topological polar surface area (TPSA) is 74.3 Å². The van der Waals surface area contributed by atoms with Crippen molar-refractivity contribution in [3.8, 4) is 0 Å². The van der Waals surface area contributed by atoms with Gasteiger partial charge in [-0.15, -0.1) is 0 Å². The first-order valence-electron chi connectivity index (χ1n) is 6.74. The predicted molar refractivity (Wildman–Crippen MR) is 86.1 cm³/mol. The van der Waals surface area contributed by atoms with Crippen LogP contribution in [0.25, 0.3) is 10.9 Å². The summed E-state index contributed by atoms with van der Waals surface area (Å²) in [6.45, 7) is 0. The van der Waals surface area contributed by atoms with Gasteiger partial charge in [0.1, 0.15) is 0 Å². The summed E-state index contributed by atoms with van der Waals surface area (Å²) < 4.78 is 0. The first-order valence-corrected chi connectivity index (χ1v) is 6.74. The van der Waals surface area contributed by atoms with Crippen molar-refractivity contribution in [2.24, 2.45) is 5.10 Å². The number of hydrogen-bond donors (Lipinski definition) is 2. The zero-order valence-electron chi connectivity index (χ0n) is 11.6. The number of hydrazone groups is 1. The molecule has 5 nitrogen and oxygen atoms in total. The number of nitrogens with zero attached hydrogens (tertiary/aromatic N) is 1. The van der Waals surface area contributed by atoms with Crippen LogP contribution in [0.1, 0.15) is 15.9 Å². The predicted octanol–water partition coefficient (Wildman–Crippen LogP) is 2.29. The van der Waals surface area contributed by atoms with Crippen LogP contribution in [0.15, 0.2) is 70.6 Å². The van der Waals surface area contributed by atoms with Crippen molar-refractivity contribution in [1.29, 1.82) is 0 Å². The van der Waals surface area contributed by atoms with Gasteiger partial charge in [0.05, 0.1) is 11.8 Å². The van der Waals surface area contributed by atoms with Crippen LogP contribution in [0.5, 0.6) is 0 Å². The molecule has 108 valence electrons. The van der Waals surface area contributed by atoms with Gasteiger partial charge in [0.25, 0.3) is 5.91 Å². The number of pyridine rings is 1. The van der Waals surface area contributed by atoms with Crippen LogP contribution in [0.2, 0.25) is 0 Å². The molecular weight excluding hydrogens is 278 g/mol. The molecule has 0 bridgehead atoms. The van der Waals surface area contributed by atoms with Gasteiger partial charge in [0, 0.05) is 17.0 Å². The first kappa shape index (κ1) is 13.8. The molecule has 5 heteroatoms. The third-order valence-electron chi connectivity index (χ3n) is 3.17. The van der Waals surface area contributed by atoms with Crippen LogP contribution in [-0.4, -0.2) is 17.1 Å². The number of carbonyl (C=O) groups is 1. The second-order valence-corrected chi connectivity index (χ2v) is 4.70. The van der Waals surface area contributed by atoms with E-state index in [1.54, 1.807) is 24.4 Å². The molecule has 0 saturated heterocycles. The SMILES string of the molecule is O=C(N/N=C\c1ccccc1)c1cc(=O)[nH]c2ccccc12. The van der Waals surface area contributed by atoms with Gasteiger partial charge in [-0.25, -0.2) is 5.43 Å². The molecule has 0 unspecified atom stereocenters. The van der Waals surface area contributed by atoms with E-state index < -0.39 is 5.91 Å². The molecule has 0 saturated carbocycles. The lowest BCUT2D eigenvalue weighted by molar-refractivity contribution is 0.0956. The lowest BCUT2D eigenvalue weighted by Crippen LogP contribution is -2.20. The summed E-state index contributed by atoms with van der Waals surface area (Å²) in [5.74, 6) is -0.422. The molecule has 3 aromatic rings. The Bertz CT molecular complexity index is 898. The smallest absolute Gasteiger partial charge is 0.272 e. The summed E-state index contributed by atoms with van der Waals surface area (Å²) in [5.41, 5.74) is 3.91. The van der Waals surface area contributed by atoms with Gasteiger partial charge in [-0.05, 0) is 11.6 Å². The number of carbonyl (C=O) groups excluding carboxylic acids is 1. The number of amides is 1. The highest BCUT2D eigenvalue weighted by atomic mass is 16.2. The average molecular weight is 291 g/mol. The summed E-state index contributed by atoms with van der Waals surface area (Å²) in [6, 6.07) is 17.8. The van der Waals surface area contributed by atoms with Gasteiger partial charge < -0.3 is 4.98 Å². The molecule has 22 heavy (non-hydrogen) atoms. The molecule has 0 atom stereocenters. The summed E-state index contributed by atoms with van der Waals surface area (Å²) in [6.07, 6.45) is 1.55. The Kier molecular flexibility index (Phi) is 3.78. The molecule has 1 aromatic heterocycles. The monoisotopic (exact) mass is 291 g/mol. The largest absolute Gasteiger partial charge is 0.322 e. The Balaban J connectivity index is 1.87. The van der Waals surface area contributed by atoms with Gasteiger partial charge >= 0.3 is 0 Å². The number of para-hydroxylation sites is 1. The molecule has 0 fully saturated rings. The Labute approximate surface area is 126 Å². The highest BCUT2D eigenvalue weighted by Crippen LogP contribution is 2.14. The third kappa shape index (κ3) is 2.93. The maximum absolute atomic E-state index is 12.2. The van der Waals surface area contributed by atoms with Gasteiger partial charge in [-0.3, -0.25) is 9.59 Å². The second-order valence-electron chi connectivity index (χ2n) is 4.70. The van der Waals surface area contributed by atoms with E-state index in [1.165, 1.54) is 6.07 Å². The van der Waals surface area contributed by atoms with Crippen LogP contribution in [0, 0.1) is 0 Å². The maximum atomic E-state index is 12.2. The quantitative estimate of drug-likeness (QED) is 0.574. The van der Waals surface area contributed by atoms with Gasteiger partial charge in [-0.1, -0.05) is 48.5 Å². The van der Waals surface area contributed by atoms with Crippen molar-refractivity contribution in [3.63, 3.8) is 0 Å². The normalized spacial score (nSPS) is 10.9. The molecule has 2 N–H and O–H groups in total. The molecule has 1 heterocycles. The van der Waals surface area contributed by atoms with Crippen LogP contribution < -0.4 is 11.0 Å². The minimum absolute atomic E-state index is 0.296. The highest BCUT2D eigenvalue weighted by Gasteiger charge is 2.10. The zero-order valence-corrected chi connectivity index (χ0v) is 11.6. The van der Waals surface area contributed by atoms with E-state index in [9.17, 15) is 9.59 Å². The van der Waals surface area contributed by atoms with Crippen molar-refractivity contribution in [2.45, 2.75) is 0 Å². The van der Waals surface area contributed by atoms with E-state index in [4.69, 9.17) is 0 Å². The van der Waals surface area contributed by atoms with E-state index >= 15 is 0 Å². The number of aromatic amines is 1. The number of nitrogens with one attached hydrogen (secondary N) is 2. The minimum atomic E-state index is -0.422. The van der Waals surface area contributed by atoms with Gasteiger partial charge in [0.2, 0.25) is 5.56 Å². The Morgan fingerprint density at radius 2 is 1.77 bits per heavy atom. The van der Waals surface area contributed by atoms with Crippen LogP contribution >= 0.6 is 0 Å². The summed E-state index contributed by atoms with van der Waals surface area (Å²) >= 11 is 0. The summed E-state index contributed by atoms with van der Waals surface area (Å²) in [7, 11) is 0. The van der Waals surface area contributed by atoms with Gasteiger partial charge in [0.15, 0.2) is 0 Å². The number of aromatic nitrogens is 1. The van der Waals surface area contributed by atoms with E-state index in [0.717, 1.165) is 5.56 Å². The van der Waals surface area contributed by atoms with Gasteiger partial charge in [-0.2, -0.15) is 5.10 Å². The van der Waals surface area contributed by atoms with Crippen molar-refractivity contribution >= 4 is 23.0 Å². The molecular formula is C17H13N3O2. The molecule has 0 radical (unpaired) electrons. The lowest BCUT2D eigenvalue weighted by Gasteiger charge is -2.04. The van der Waals surface area contributed by atoms with Crippen molar-refractivity contribution in [1.82, 2.24) is 10.4 Å². The maximum Gasteiger partial charge on any atom is 0.272 e. The molecule has 0 aliphatic rings. The van der Waals surface area contributed by atoms with E-state index in [-0.39, 0.29) is 5.56 Å². The standard InChI is InChI=1S/C17H13N3O2/c21-16-10-14(13-8-4-5-9-15(13)19-16)17(22)20-18-11-12-6-2-1-3-7-12/h1-11H,(H,19,21)(H,20,22)/b18-11-. The molecule has 0 aliphatic heterocycles. The first-order chi connectivity index (χ1) is 10.7. The molecule has 1 amide bonds. The molecule has 2 aromatic carbocycles. The molecule has 0 spiro atoms. The third-order valence-corrected chi connectivity index (χ3v) is 3.17. The number of rotatable bonds is 3. The fourth-order valence-corrected chi connectivity index (χ4v) is 2.16. The Morgan fingerprint density at radius 3 is 2.59 bits per heavy atom. The van der Waals surface area contributed by atoms with E-state index in [0.29, 0.717) is 16.5 Å². The zero-order chi connectivity index (χ0) is 15.4. The fourth-order valence-electron chi connectivity index (χ4n) is 2.16. The Hall–Kier alpha value is -3.21. The minimum Gasteiger partial charge on any atom is -0.322 e. The number of hydrogen-bond acceptors (Lipinski definition) is 3. The molecule has 0 aliphatic carbocycles. The summed E-state index contributed by atoms with van der Waals surface area (Å²) in [5, 5.41) is 4.59. The number of H-pyrrole nitrogens is 1. The second kappa shape index (κ2) is 6.05.